The molecular formula is C24H27NO. The number of likely N-dealkylation sites (tertiary alicyclic amines) is 1. The van der Waals surface area contributed by atoms with Gasteiger partial charge in [0.25, 0.3) is 0 Å². The van der Waals surface area contributed by atoms with Gasteiger partial charge < -0.3 is 5.11 Å². The summed E-state index contributed by atoms with van der Waals surface area (Å²) in [5.41, 5.74) is 5.42. The van der Waals surface area contributed by atoms with Crippen LogP contribution in [0.5, 0.6) is 5.75 Å². The Labute approximate surface area is 156 Å². The second-order valence-electron chi connectivity index (χ2n) is 7.38. The largest absolute Gasteiger partial charge is 0.508 e. The zero-order valence-electron chi connectivity index (χ0n) is 15.3. The van der Waals surface area contributed by atoms with Crippen molar-refractivity contribution in [1.29, 1.82) is 0 Å². The van der Waals surface area contributed by atoms with Crippen molar-refractivity contribution in [3.05, 3.63) is 77.4 Å². The van der Waals surface area contributed by atoms with Crippen LogP contribution in [0, 0.1) is 0 Å². The quantitative estimate of drug-likeness (QED) is 0.790. The summed E-state index contributed by atoms with van der Waals surface area (Å²) in [6, 6.07) is 18.8. The number of hydrogen-bond donors (Lipinski definition) is 1. The molecule has 1 aliphatic heterocycles. The third-order valence-electron chi connectivity index (χ3n) is 5.67. The van der Waals surface area contributed by atoms with E-state index in [-0.39, 0.29) is 0 Å². The fourth-order valence-corrected chi connectivity index (χ4v) is 4.13. The third kappa shape index (κ3) is 3.76. The Morgan fingerprint density at radius 2 is 1.69 bits per heavy atom. The number of phenolic OH excluding ortho intramolecular Hbond substituents is 1. The molecule has 2 heteroatoms. The summed E-state index contributed by atoms with van der Waals surface area (Å²) < 4.78 is 0. The van der Waals surface area contributed by atoms with E-state index in [1.807, 2.05) is 12.1 Å². The monoisotopic (exact) mass is 345 g/mol. The molecule has 26 heavy (non-hydrogen) atoms. The summed E-state index contributed by atoms with van der Waals surface area (Å²) in [6.07, 6.45) is 10.9. The molecule has 1 unspecified atom stereocenters. The average molecular weight is 345 g/mol. The minimum absolute atomic E-state index is 0.314. The van der Waals surface area contributed by atoms with E-state index in [0.29, 0.717) is 11.8 Å². The van der Waals surface area contributed by atoms with E-state index in [1.165, 1.54) is 56.3 Å². The zero-order chi connectivity index (χ0) is 17.8. The van der Waals surface area contributed by atoms with Crippen LogP contribution in [0.15, 0.2) is 66.2 Å². The zero-order valence-corrected chi connectivity index (χ0v) is 15.3. The second-order valence-corrected chi connectivity index (χ2v) is 7.38. The van der Waals surface area contributed by atoms with Crippen LogP contribution < -0.4 is 0 Å². The lowest BCUT2D eigenvalue weighted by Crippen LogP contribution is -2.47. The van der Waals surface area contributed by atoms with Crippen LogP contribution in [0.1, 0.15) is 43.2 Å². The fraction of sp³-hybridized carbons (Fsp3) is 0.333. The Morgan fingerprint density at radius 1 is 0.923 bits per heavy atom. The van der Waals surface area contributed by atoms with Crippen molar-refractivity contribution in [3.63, 3.8) is 0 Å². The minimum Gasteiger partial charge on any atom is -0.508 e. The lowest BCUT2D eigenvalue weighted by atomic mass is 9.82. The van der Waals surface area contributed by atoms with Gasteiger partial charge >= 0.3 is 0 Å². The van der Waals surface area contributed by atoms with Gasteiger partial charge in [0.2, 0.25) is 0 Å². The van der Waals surface area contributed by atoms with Gasteiger partial charge in [0.1, 0.15) is 5.75 Å². The van der Waals surface area contributed by atoms with Crippen LogP contribution in [0.2, 0.25) is 0 Å². The topological polar surface area (TPSA) is 23.5 Å². The molecule has 4 rings (SSSR count). The lowest BCUT2D eigenvalue weighted by molar-refractivity contribution is 0.121. The number of rotatable bonds is 4. The summed E-state index contributed by atoms with van der Waals surface area (Å²) in [5.74, 6) is 0.314. The first kappa shape index (κ1) is 17.1. The van der Waals surface area contributed by atoms with Crippen molar-refractivity contribution in [1.82, 2.24) is 4.90 Å². The predicted octanol–water partition coefficient (Wildman–Crippen LogP) is 5.51. The van der Waals surface area contributed by atoms with Gasteiger partial charge in [-0.2, -0.15) is 0 Å². The van der Waals surface area contributed by atoms with Gasteiger partial charge in [-0.3, -0.25) is 4.90 Å². The minimum atomic E-state index is 0.314. The highest BCUT2D eigenvalue weighted by Crippen LogP contribution is 2.36. The van der Waals surface area contributed by atoms with Crippen LogP contribution in [0.4, 0.5) is 0 Å². The Bertz CT molecular complexity index is 785. The first-order chi connectivity index (χ1) is 12.8. The molecule has 1 saturated heterocycles. The Kier molecular flexibility index (Phi) is 5.21. The molecule has 2 fully saturated rings. The molecule has 2 aromatic rings. The smallest absolute Gasteiger partial charge is 0.115 e. The van der Waals surface area contributed by atoms with Gasteiger partial charge in [-0.05, 0) is 73.2 Å². The fourth-order valence-electron chi connectivity index (χ4n) is 4.13. The molecular weight excluding hydrogens is 318 g/mol. The number of phenols is 1. The Hall–Kier alpha value is -2.32. The molecule has 2 aromatic carbocycles. The summed E-state index contributed by atoms with van der Waals surface area (Å²) in [5, 5.41) is 9.51. The number of hydrogen-bond acceptors (Lipinski definition) is 2. The van der Waals surface area contributed by atoms with Crippen LogP contribution in [-0.4, -0.2) is 29.1 Å². The molecule has 1 saturated carbocycles. The molecule has 0 bridgehead atoms. The van der Waals surface area contributed by atoms with Gasteiger partial charge in [-0.25, -0.2) is 0 Å². The highest BCUT2D eigenvalue weighted by atomic mass is 16.3. The molecule has 0 spiro atoms. The van der Waals surface area contributed by atoms with Crippen LogP contribution >= 0.6 is 0 Å². The first-order valence-electron chi connectivity index (χ1n) is 9.81. The Balaban J connectivity index is 1.73. The van der Waals surface area contributed by atoms with Crippen molar-refractivity contribution in [2.24, 2.45) is 0 Å². The summed E-state index contributed by atoms with van der Waals surface area (Å²) >= 11 is 0. The number of nitrogens with zero attached hydrogens (tertiary/aromatic N) is 1. The molecule has 1 aliphatic carbocycles. The van der Waals surface area contributed by atoms with E-state index >= 15 is 0 Å². The highest BCUT2D eigenvalue weighted by molar-refractivity contribution is 5.81. The van der Waals surface area contributed by atoms with E-state index in [0.717, 1.165) is 5.56 Å². The van der Waals surface area contributed by atoms with Crippen LogP contribution in [0.3, 0.4) is 0 Å². The van der Waals surface area contributed by atoms with Crippen LogP contribution in [-0.2, 0) is 0 Å². The molecule has 0 aromatic heterocycles. The van der Waals surface area contributed by atoms with Gasteiger partial charge in [0.15, 0.2) is 0 Å². The maximum Gasteiger partial charge on any atom is 0.115 e. The second kappa shape index (κ2) is 7.92. The van der Waals surface area contributed by atoms with E-state index in [2.05, 4.69) is 47.4 Å². The van der Waals surface area contributed by atoms with Crippen molar-refractivity contribution in [3.8, 4) is 5.75 Å². The maximum atomic E-state index is 9.51. The molecule has 134 valence electrons. The lowest BCUT2D eigenvalue weighted by Gasteiger charge is -2.42. The van der Waals surface area contributed by atoms with Gasteiger partial charge in [0.05, 0.1) is 0 Å². The van der Waals surface area contributed by atoms with Crippen molar-refractivity contribution in [2.75, 3.05) is 13.1 Å². The van der Waals surface area contributed by atoms with Gasteiger partial charge in [-0.1, -0.05) is 61.0 Å². The normalized spacial score (nSPS) is 23.0. The van der Waals surface area contributed by atoms with Gasteiger partial charge in [-0.15, -0.1) is 0 Å². The molecule has 0 radical (unpaired) electrons. The highest BCUT2D eigenvalue weighted by Gasteiger charge is 2.30. The first-order valence-corrected chi connectivity index (χ1v) is 9.81. The molecule has 0 amide bonds. The van der Waals surface area contributed by atoms with Gasteiger partial charge in [0, 0.05) is 6.04 Å². The van der Waals surface area contributed by atoms with Crippen molar-refractivity contribution >= 4 is 11.6 Å². The average Bonchev–Trinajstić information content (AvgIpc) is 2.64. The molecule has 1 atom stereocenters. The van der Waals surface area contributed by atoms with E-state index in [1.54, 1.807) is 17.7 Å². The standard InChI is InChI=1S/C24H27NO/c26-21-14-11-19(12-15-21)13-16-22(20-7-2-1-3-8-20)23-9-4-5-10-24(23)25-17-6-18-25/h1-3,7-8,11-16,24,26H,4-6,9-10,17-18H2. The summed E-state index contributed by atoms with van der Waals surface area (Å²) in [6.45, 7) is 2.50. The number of aromatic hydroxyl groups is 1. The van der Waals surface area contributed by atoms with E-state index in [9.17, 15) is 5.11 Å². The van der Waals surface area contributed by atoms with E-state index in [4.69, 9.17) is 0 Å². The predicted molar refractivity (Wildman–Crippen MR) is 109 cm³/mol. The third-order valence-corrected chi connectivity index (χ3v) is 5.67. The van der Waals surface area contributed by atoms with Crippen molar-refractivity contribution < 1.29 is 5.11 Å². The SMILES string of the molecule is Oc1ccc(C=CC(=C2CCCCC2N2CCC2)c2ccccc2)cc1. The molecule has 1 N–H and O–H groups in total. The molecule has 1 heterocycles. The molecule has 2 aliphatic rings. The molecule has 2 nitrogen and oxygen atoms in total. The summed E-state index contributed by atoms with van der Waals surface area (Å²) in [7, 11) is 0. The van der Waals surface area contributed by atoms with Crippen LogP contribution in [0.25, 0.3) is 11.6 Å². The van der Waals surface area contributed by atoms with Crippen molar-refractivity contribution in [2.45, 2.75) is 38.1 Å². The maximum absolute atomic E-state index is 9.51. The van der Waals surface area contributed by atoms with E-state index < -0.39 is 0 Å². The summed E-state index contributed by atoms with van der Waals surface area (Å²) in [4.78, 5) is 2.66. The Morgan fingerprint density at radius 3 is 2.38 bits per heavy atom. The number of allylic oxidation sites excluding steroid dienone is 2. The number of benzene rings is 2.